The standard InChI is InChI=1S/C26H35N3O3/c1-3-4-5-6-10-20(26(30)31-2)17-22-18-21-19-23(12-13-24(21)29-22)32-16-9-15-28-25-11-7-8-14-27-25/h7-8,11-14,18-20,29H,3-6,9-10,15-17H2,1-2H3,(H,27,28). The molecule has 2 N–H and O–H groups in total. The quantitative estimate of drug-likeness (QED) is 0.248. The predicted octanol–water partition coefficient (Wildman–Crippen LogP) is 5.75. The van der Waals surface area contributed by atoms with Crippen molar-refractivity contribution >= 4 is 22.7 Å². The number of nitrogens with one attached hydrogen (secondary N) is 2. The Morgan fingerprint density at radius 3 is 2.81 bits per heavy atom. The van der Waals surface area contributed by atoms with Crippen LogP contribution in [0.2, 0.25) is 0 Å². The van der Waals surface area contributed by atoms with Crippen molar-refractivity contribution in [2.75, 3.05) is 25.6 Å². The summed E-state index contributed by atoms with van der Waals surface area (Å²) in [5, 5.41) is 4.38. The molecular formula is C26H35N3O3. The van der Waals surface area contributed by atoms with Crippen LogP contribution in [-0.4, -0.2) is 36.2 Å². The van der Waals surface area contributed by atoms with Gasteiger partial charge in [-0.15, -0.1) is 0 Å². The molecule has 0 fully saturated rings. The second kappa shape index (κ2) is 12.7. The van der Waals surface area contributed by atoms with Gasteiger partial charge in [-0.1, -0.05) is 38.7 Å². The van der Waals surface area contributed by atoms with Gasteiger partial charge < -0.3 is 19.8 Å². The molecule has 0 saturated heterocycles. The maximum atomic E-state index is 12.2. The van der Waals surface area contributed by atoms with Crippen LogP contribution in [0.3, 0.4) is 0 Å². The lowest BCUT2D eigenvalue weighted by molar-refractivity contribution is -0.145. The number of benzene rings is 1. The first-order chi connectivity index (χ1) is 15.7. The monoisotopic (exact) mass is 437 g/mol. The summed E-state index contributed by atoms with van der Waals surface area (Å²) < 4.78 is 11.0. The number of carbonyl (C=O) groups is 1. The van der Waals surface area contributed by atoms with Crippen molar-refractivity contribution in [2.24, 2.45) is 5.92 Å². The van der Waals surface area contributed by atoms with Gasteiger partial charge in [-0.05, 0) is 49.2 Å². The van der Waals surface area contributed by atoms with E-state index in [4.69, 9.17) is 9.47 Å². The number of methoxy groups -OCH3 is 1. The number of ether oxygens (including phenoxy) is 2. The molecule has 3 rings (SSSR count). The molecule has 32 heavy (non-hydrogen) atoms. The van der Waals surface area contributed by atoms with E-state index in [9.17, 15) is 4.79 Å². The Morgan fingerprint density at radius 1 is 1.12 bits per heavy atom. The fraction of sp³-hybridized carbons (Fsp3) is 0.462. The molecule has 6 heteroatoms. The number of aromatic amines is 1. The van der Waals surface area contributed by atoms with Gasteiger partial charge in [-0.2, -0.15) is 0 Å². The zero-order valence-corrected chi connectivity index (χ0v) is 19.2. The predicted molar refractivity (Wildman–Crippen MR) is 129 cm³/mol. The number of anilines is 1. The molecule has 0 aliphatic carbocycles. The summed E-state index contributed by atoms with van der Waals surface area (Å²) in [5.74, 6) is 1.50. The maximum absolute atomic E-state index is 12.2. The molecule has 0 radical (unpaired) electrons. The summed E-state index contributed by atoms with van der Waals surface area (Å²) in [6.45, 7) is 3.63. The number of carbonyl (C=O) groups excluding carboxylic acids is 1. The van der Waals surface area contributed by atoms with E-state index >= 15 is 0 Å². The topological polar surface area (TPSA) is 76.2 Å². The van der Waals surface area contributed by atoms with Crippen LogP contribution in [0.1, 0.15) is 51.1 Å². The third kappa shape index (κ3) is 7.29. The molecule has 1 aromatic carbocycles. The van der Waals surface area contributed by atoms with Gasteiger partial charge in [0.05, 0.1) is 19.6 Å². The minimum absolute atomic E-state index is 0.104. The molecule has 0 aliphatic heterocycles. The number of esters is 1. The second-order valence-electron chi connectivity index (χ2n) is 8.16. The third-order valence-corrected chi connectivity index (χ3v) is 5.62. The number of H-pyrrole nitrogens is 1. The van der Waals surface area contributed by atoms with Crippen LogP contribution in [0.15, 0.2) is 48.7 Å². The van der Waals surface area contributed by atoms with Gasteiger partial charge in [-0.3, -0.25) is 4.79 Å². The summed E-state index contributed by atoms with van der Waals surface area (Å²) in [5.41, 5.74) is 2.11. The van der Waals surface area contributed by atoms with Gasteiger partial charge in [0.2, 0.25) is 0 Å². The summed E-state index contributed by atoms with van der Waals surface area (Å²) in [4.78, 5) is 19.9. The normalized spacial score (nSPS) is 11.9. The summed E-state index contributed by atoms with van der Waals surface area (Å²) in [7, 11) is 1.47. The molecule has 6 nitrogen and oxygen atoms in total. The Hall–Kier alpha value is -3.02. The van der Waals surface area contributed by atoms with Gasteiger partial charge in [-0.25, -0.2) is 4.98 Å². The first-order valence-electron chi connectivity index (χ1n) is 11.7. The molecule has 2 heterocycles. The highest BCUT2D eigenvalue weighted by Crippen LogP contribution is 2.25. The molecule has 0 aliphatic rings. The van der Waals surface area contributed by atoms with Gasteiger partial charge in [0.25, 0.3) is 0 Å². The first-order valence-corrected chi connectivity index (χ1v) is 11.7. The second-order valence-corrected chi connectivity index (χ2v) is 8.16. The van der Waals surface area contributed by atoms with Crippen LogP contribution in [0, 0.1) is 5.92 Å². The number of rotatable bonds is 14. The molecule has 0 amide bonds. The average Bonchev–Trinajstić information content (AvgIpc) is 3.22. The van der Waals surface area contributed by atoms with E-state index < -0.39 is 0 Å². The number of aromatic nitrogens is 2. The Morgan fingerprint density at radius 2 is 2.03 bits per heavy atom. The van der Waals surface area contributed by atoms with Crippen LogP contribution in [0.4, 0.5) is 5.82 Å². The van der Waals surface area contributed by atoms with Crippen LogP contribution in [0.5, 0.6) is 5.75 Å². The van der Waals surface area contributed by atoms with Gasteiger partial charge in [0, 0.05) is 35.8 Å². The number of unbranched alkanes of at least 4 members (excludes halogenated alkanes) is 3. The van der Waals surface area contributed by atoms with Crippen LogP contribution in [-0.2, 0) is 16.0 Å². The van der Waals surface area contributed by atoms with Crippen molar-refractivity contribution in [1.29, 1.82) is 0 Å². The molecule has 3 aromatic rings. The van der Waals surface area contributed by atoms with Gasteiger partial charge in [0.1, 0.15) is 11.6 Å². The minimum Gasteiger partial charge on any atom is -0.494 e. The van der Waals surface area contributed by atoms with Crippen LogP contribution >= 0.6 is 0 Å². The Balaban J connectivity index is 1.51. The Kier molecular flexibility index (Phi) is 9.41. The van der Waals surface area contributed by atoms with Crippen LogP contribution < -0.4 is 10.1 Å². The lowest BCUT2D eigenvalue weighted by atomic mass is 9.96. The fourth-order valence-corrected chi connectivity index (χ4v) is 3.87. The molecule has 172 valence electrons. The van der Waals surface area contributed by atoms with Crippen molar-refractivity contribution in [1.82, 2.24) is 9.97 Å². The summed E-state index contributed by atoms with van der Waals surface area (Å²) in [6.07, 6.45) is 8.81. The first kappa shape index (κ1) is 23.6. The highest BCUT2D eigenvalue weighted by Gasteiger charge is 2.20. The van der Waals surface area contributed by atoms with E-state index in [2.05, 4.69) is 34.3 Å². The molecule has 0 bridgehead atoms. The van der Waals surface area contributed by atoms with Gasteiger partial charge >= 0.3 is 5.97 Å². The van der Waals surface area contributed by atoms with Crippen molar-refractivity contribution in [3.8, 4) is 5.75 Å². The molecular weight excluding hydrogens is 402 g/mol. The molecule has 0 saturated carbocycles. The number of hydrogen-bond acceptors (Lipinski definition) is 5. The van der Waals surface area contributed by atoms with Crippen molar-refractivity contribution in [3.63, 3.8) is 0 Å². The van der Waals surface area contributed by atoms with Gasteiger partial charge in [0.15, 0.2) is 0 Å². The SMILES string of the molecule is CCCCCCC(Cc1cc2cc(OCCCNc3ccccn3)ccc2[nH]1)C(=O)OC. The highest BCUT2D eigenvalue weighted by molar-refractivity contribution is 5.82. The van der Waals surface area contributed by atoms with E-state index in [0.29, 0.717) is 13.0 Å². The van der Waals surface area contributed by atoms with E-state index in [0.717, 1.165) is 60.4 Å². The molecule has 1 atom stereocenters. The van der Waals surface area contributed by atoms with E-state index in [1.807, 2.05) is 30.3 Å². The molecule has 1 unspecified atom stereocenters. The Labute approximate surface area is 190 Å². The Bertz CT molecular complexity index is 955. The number of pyridine rings is 1. The van der Waals surface area contributed by atoms with Crippen molar-refractivity contribution in [3.05, 3.63) is 54.4 Å². The molecule has 0 spiro atoms. The van der Waals surface area contributed by atoms with E-state index in [1.54, 1.807) is 6.20 Å². The minimum atomic E-state index is -0.122. The highest BCUT2D eigenvalue weighted by atomic mass is 16.5. The van der Waals surface area contributed by atoms with E-state index in [-0.39, 0.29) is 11.9 Å². The lowest BCUT2D eigenvalue weighted by Crippen LogP contribution is -2.19. The fourth-order valence-electron chi connectivity index (χ4n) is 3.87. The largest absolute Gasteiger partial charge is 0.494 e. The maximum Gasteiger partial charge on any atom is 0.309 e. The van der Waals surface area contributed by atoms with E-state index in [1.165, 1.54) is 20.0 Å². The smallest absolute Gasteiger partial charge is 0.309 e. The number of fused-ring (bicyclic) bond motifs is 1. The zero-order valence-electron chi connectivity index (χ0n) is 19.2. The summed E-state index contributed by atoms with van der Waals surface area (Å²) in [6, 6.07) is 14.0. The summed E-state index contributed by atoms with van der Waals surface area (Å²) >= 11 is 0. The molecule has 2 aromatic heterocycles. The van der Waals surface area contributed by atoms with Crippen molar-refractivity contribution < 1.29 is 14.3 Å². The third-order valence-electron chi connectivity index (χ3n) is 5.62. The number of hydrogen-bond donors (Lipinski definition) is 2. The zero-order chi connectivity index (χ0) is 22.6. The number of nitrogens with zero attached hydrogens (tertiary/aromatic N) is 1. The average molecular weight is 438 g/mol. The van der Waals surface area contributed by atoms with Crippen LogP contribution in [0.25, 0.3) is 10.9 Å². The van der Waals surface area contributed by atoms with Crippen molar-refractivity contribution in [2.45, 2.75) is 51.9 Å². The lowest BCUT2D eigenvalue weighted by Gasteiger charge is -2.13.